The first kappa shape index (κ1) is 12.8. The van der Waals surface area contributed by atoms with Crippen molar-refractivity contribution < 1.29 is 14.2 Å². The fraction of sp³-hybridized carbons (Fsp3) is 0.154. The van der Waals surface area contributed by atoms with E-state index >= 15 is 0 Å². The molecule has 0 amide bonds. The fourth-order valence-electron chi connectivity index (χ4n) is 1.58. The van der Waals surface area contributed by atoms with Gasteiger partial charge in [-0.15, -0.1) is 0 Å². The Labute approximate surface area is 109 Å². The first-order chi connectivity index (χ1) is 8.61. The molecular formula is C13H11ClFNO2. The maximum absolute atomic E-state index is 13.7. The molecule has 0 radical (unpaired) electrons. The Kier molecular flexibility index (Phi) is 3.79. The van der Waals surface area contributed by atoms with Gasteiger partial charge < -0.3 is 9.84 Å². The van der Waals surface area contributed by atoms with E-state index < -0.39 is 11.9 Å². The van der Waals surface area contributed by atoms with E-state index in [2.05, 4.69) is 4.98 Å². The molecule has 2 rings (SSSR count). The van der Waals surface area contributed by atoms with Gasteiger partial charge >= 0.3 is 0 Å². The third-order valence-corrected chi connectivity index (χ3v) is 2.73. The van der Waals surface area contributed by atoms with Crippen LogP contribution in [0.5, 0.6) is 5.88 Å². The Hall–Kier alpha value is -1.65. The number of aromatic nitrogens is 1. The number of nitrogens with zero attached hydrogens (tertiary/aromatic N) is 1. The van der Waals surface area contributed by atoms with Gasteiger partial charge in [0.15, 0.2) is 0 Å². The highest BCUT2D eigenvalue weighted by atomic mass is 35.5. The van der Waals surface area contributed by atoms with Crippen LogP contribution in [-0.2, 0) is 0 Å². The van der Waals surface area contributed by atoms with Gasteiger partial charge in [-0.3, -0.25) is 0 Å². The molecule has 1 heterocycles. The van der Waals surface area contributed by atoms with E-state index in [0.29, 0.717) is 11.6 Å². The van der Waals surface area contributed by atoms with Gasteiger partial charge in [-0.05, 0) is 18.2 Å². The van der Waals surface area contributed by atoms with Crippen molar-refractivity contribution in [2.24, 2.45) is 0 Å². The molecule has 0 aliphatic heterocycles. The lowest BCUT2D eigenvalue weighted by molar-refractivity contribution is 0.208. The molecule has 5 heteroatoms. The number of halogens is 2. The van der Waals surface area contributed by atoms with Crippen LogP contribution in [-0.4, -0.2) is 17.2 Å². The van der Waals surface area contributed by atoms with Crippen LogP contribution < -0.4 is 4.74 Å². The predicted molar refractivity (Wildman–Crippen MR) is 66.3 cm³/mol. The quantitative estimate of drug-likeness (QED) is 0.930. The largest absolute Gasteiger partial charge is 0.481 e. The number of rotatable bonds is 3. The van der Waals surface area contributed by atoms with Crippen molar-refractivity contribution in [3.05, 3.63) is 58.5 Å². The summed E-state index contributed by atoms with van der Waals surface area (Å²) in [5.74, 6) is -0.208. The van der Waals surface area contributed by atoms with Crippen molar-refractivity contribution in [1.29, 1.82) is 0 Å². The van der Waals surface area contributed by atoms with Crippen LogP contribution in [0.25, 0.3) is 0 Å². The number of aliphatic hydroxyl groups excluding tert-OH is 1. The summed E-state index contributed by atoms with van der Waals surface area (Å²) >= 11 is 5.66. The van der Waals surface area contributed by atoms with E-state index in [-0.39, 0.29) is 10.6 Å². The summed E-state index contributed by atoms with van der Waals surface area (Å²) in [7, 11) is 1.47. The van der Waals surface area contributed by atoms with Gasteiger partial charge in [0.25, 0.3) is 0 Å². The number of pyridine rings is 1. The molecule has 0 aliphatic carbocycles. The molecule has 0 saturated carbocycles. The van der Waals surface area contributed by atoms with Crippen molar-refractivity contribution in [3.8, 4) is 5.88 Å². The Morgan fingerprint density at radius 2 is 2.11 bits per heavy atom. The van der Waals surface area contributed by atoms with Gasteiger partial charge in [-0.1, -0.05) is 23.7 Å². The standard InChI is InChI=1S/C13H11ClFNO2/c1-18-12-4-2-3-11(16-12)13(17)9-6-5-8(14)7-10(9)15/h2-7,13,17H,1H3. The minimum Gasteiger partial charge on any atom is -0.481 e. The van der Waals surface area contributed by atoms with Crippen molar-refractivity contribution in [2.75, 3.05) is 7.11 Å². The zero-order valence-electron chi connectivity index (χ0n) is 9.60. The van der Waals surface area contributed by atoms with Crippen LogP contribution in [0, 0.1) is 5.82 Å². The zero-order chi connectivity index (χ0) is 13.1. The summed E-state index contributed by atoms with van der Waals surface area (Å²) in [6.45, 7) is 0. The molecule has 1 atom stereocenters. The molecule has 3 nitrogen and oxygen atoms in total. The van der Waals surface area contributed by atoms with Gasteiger partial charge in [0.1, 0.15) is 11.9 Å². The van der Waals surface area contributed by atoms with Gasteiger partial charge in [-0.2, -0.15) is 0 Å². The summed E-state index contributed by atoms with van der Waals surface area (Å²) < 4.78 is 18.6. The fourth-order valence-corrected chi connectivity index (χ4v) is 1.74. The van der Waals surface area contributed by atoms with E-state index in [1.807, 2.05) is 0 Å². The number of hydrogen-bond donors (Lipinski definition) is 1. The highest BCUT2D eigenvalue weighted by molar-refractivity contribution is 6.30. The topological polar surface area (TPSA) is 42.4 Å². The minimum atomic E-state index is -1.16. The van der Waals surface area contributed by atoms with E-state index in [9.17, 15) is 9.50 Å². The molecule has 0 spiro atoms. The monoisotopic (exact) mass is 267 g/mol. The van der Waals surface area contributed by atoms with Crippen molar-refractivity contribution in [1.82, 2.24) is 4.98 Å². The van der Waals surface area contributed by atoms with E-state index in [0.717, 1.165) is 6.07 Å². The number of hydrogen-bond acceptors (Lipinski definition) is 3. The molecule has 0 aliphatic rings. The average Bonchev–Trinajstić information content (AvgIpc) is 2.38. The Bertz CT molecular complexity index is 562. The highest BCUT2D eigenvalue weighted by Crippen LogP contribution is 2.26. The predicted octanol–water partition coefficient (Wildman–Crippen LogP) is 2.96. The SMILES string of the molecule is COc1cccc(C(O)c2ccc(Cl)cc2F)n1. The highest BCUT2D eigenvalue weighted by Gasteiger charge is 2.17. The van der Waals surface area contributed by atoms with Gasteiger partial charge in [-0.25, -0.2) is 9.37 Å². The van der Waals surface area contributed by atoms with Crippen LogP contribution in [0.15, 0.2) is 36.4 Å². The summed E-state index contributed by atoms with van der Waals surface area (Å²) in [4.78, 5) is 4.06. The Morgan fingerprint density at radius 3 is 2.78 bits per heavy atom. The van der Waals surface area contributed by atoms with Crippen LogP contribution in [0.3, 0.4) is 0 Å². The molecule has 1 aromatic carbocycles. The molecule has 18 heavy (non-hydrogen) atoms. The second-order valence-electron chi connectivity index (χ2n) is 3.67. The lowest BCUT2D eigenvalue weighted by atomic mass is 10.1. The first-order valence-corrected chi connectivity index (χ1v) is 5.63. The summed E-state index contributed by atoms with van der Waals surface area (Å²) in [6, 6.07) is 9.03. The smallest absolute Gasteiger partial charge is 0.213 e. The summed E-state index contributed by atoms with van der Waals surface area (Å²) in [5, 5.41) is 10.4. The van der Waals surface area contributed by atoms with Crippen molar-refractivity contribution >= 4 is 11.6 Å². The number of ether oxygens (including phenoxy) is 1. The number of benzene rings is 1. The molecule has 1 aromatic heterocycles. The van der Waals surface area contributed by atoms with Crippen molar-refractivity contribution in [3.63, 3.8) is 0 Å². The van der Waals surface area contributed by atoms with E-state index in [4.69, 9.17) is 16.3 Å². The molecular weight excluding hydrogens is 257 g/mol. The molecule has 1 N–H and O–H groups in total. The molecule has 2 aromatic rings. The molecule has 0 bridgehead atoms. The van der Waals surface area contributed by atoms with Crippen LogP contribution in [0.2, 0.25) is 5.02 Å². The second kappa shape index (κ2) is 5.33. The lowest BCUT2D eigenvalue weighted by Gasteiger charge is -2.12. The van der Waals surface area contributed by atoms with E-state index in [1.54, 1.807) is 18.2 Å². The third-order valence-electron chi connectivity index (χ3n) is 2.49. The molecule has 94 valence electrons. The lowest BCUT2D eigenvalue weighted by Crippen LogP contribution is -2.05. The Balaban J connectivity index is 2.37. The maximum atomic E-state index is 13.7. The molecule has 0 fully saturated rings. The zero-order valence-corrected chi connectivity index (χ0v) is 10.4. The maximum Gasteiger partial charge on any atom is 0.213 e. The minimum absolute atomic E-state index is 0.125. The van der Waals surface area contributed by atoms with Crippen LogP contribution >= 0.6 is 11.6 Å². The molecule has 1 unspecified atom stereocenters. The number of methoxy groups -OCH3 is 1. The first-order valence-electron chi connectivity index (χ1n) is 5.26. The summed E-state index contributed by atoms with van der Waals surface area (Å²) in [5.41, 5.74) is 0.440. The average molecular weight is 268 g/mol. The van der Waals surface area contributed by atoms with Crippen molar-refractivity contribution in [2.45, 2.75) is 6.10 Å². The van der Waals surface area contributed by atoms with Gasteiger partial charge in [0, 0.05) is 16.7 Å². The van der Waals surface area contributed by atoms with Crippen LogP contribution in [0.4, 0.5) is 4.39 Å². The van der Waals surface area contributed by atoms with Crippen LogP contribution in [0.1, 0.15) is 17.4 Å². The number of aliphatic hydroxyl groups is 1. The van der Waals surface area contributed by atoms with Gasteiger partial charge in [0.2, 0.25) is 5.88 Å². The van der Waals surface area contributed by atoms with Gasteiger partial charge in [0.05, 0.1) is 12.8 Å². The Morgan fingerprint density at radius 1 is 1.33 bits per heavy atom. The van der Waals surface area contributed by atoms with E-state index in [1.165, 1.54) is 19.2 Å². The summed E-state index contributed by atoms with van der Waals surface area (Å²) in [6.07, 6.45) is -1.16. The normalized spacial score (nSPS) is 12.2. The second-order valence-corrected chi connectivity index (χ2v) is 4.11. The third kappa shape index (κ3) is 2.60. The molecule has 0 saturated heterocycles.